The maximum atomic E-state index is 12.4. The predicted molar refractivity (Wildman–Crippen MR) is 65.4 cm³/mol. The van der Waals surface area contributed by atoms with Crippen molar-refractivity contribution in [1.29, 1.82) is 0 Å². The summed E-state index contributed by atoms with van der Waals surface area (Å²) in [6, 6.07) is 0.639. The van der Waals surface area contributed by atoms with Gasteiger partial charge in [-0.3, -0.25) is 9.89 Å². The number of H-pyrrole nitrogens is 1. The van der Waals surface area contributed by atoms with Crippen LogP contribution in [0.4, 0.5) is 18.9 Å². The van der Waals surface area contributed by atoms with Gasteiger partial charge in [0, 0.05) is 12.7 Å². The second-order valence-electron chi connectivity index (χ2n) is 4.01. The van der Waals surface area contributed by atoms with Crippen molar-refractivity contribution in [3.8, 4) is 0 Å². The fourth-order valence-electron chi connectivity index (χ4n) is 1.46. The summed E-state index contributed by atoms with van der Waals surface area (Å²) in [4.78, 5) is 11.7. The van der Waals surface area contributed by atoms with Gasteiger partial charge in [-0.2, -0.15) is 23.4 Å². The zero-order chi connectivity index (χ0) is 15.5. The lowest BCUT2D eigenvalue weighted by atomic mass is 10.3. The average Bonchev–Trinajstić information content (AvgIpc) is 3.04. The van der Waals surface area contributed by atoms with E-state index in [1.54, 1.807) is 5.10 Å². The Morgan fingerprint density at radius 2 is 2.29 bits per heavy atom. The topological polar surface area (TPSA) is 84.8 Å². The summed E-state index contributed by atoms with van der Waals surface area (Å²) >= 11 is 0. The first-order valence-electron chi connectivity index (χ1n) is 5.94. The van der Waals surface area contributed by atoms with Crippen molar-refractivity contribution in [1.82, 2.24) is 20.0 Å². The molecule has 0 bridgehead atoms. The molecule has 0 spiro atoms. The van der Waals surface area contributed by atoms with Crippen LogP contribution in [0.3, 0.4) is 0 Å². The lowest BCUT2D eigenvalue weighted by molar-refractivity contribution is -0.141. The second kappa shape index (κ2) is 5.95. The molecule has 2 aromatic heterocycles. The predicted octanol–water partition coefficient (Wildman–Crippen LogP) is 1.87. The molecule has 10 heteroatoms. The van der Waals surface area contributed by atoms with Gasteiger partial charge in [0.25, 0.3) is 5.91 Å². The molecule has 0 aliphatic heterocycles. The molecule has 2 aromatic rings. The van der Waals surface area contributed by atoms with Crippen LogP contribution < -0.4 is 5.32 Å². The number of hydrogen-bond donors (Lipinski definition) is 2. The monoisotopic (exact) mass is 303 g/mol. The van der Waals surface area contributed by atoms with Crippen LogP contribution >= 0.6 is 0 Å². The van der Waals surface area contributed by atoms with Crippen molar-refractivity contribution in [2.75, 3.05) is 11.9 Å². The van der Waals surface area contributed by atoms with E-state index in [-0.39, 0.29) is 12.4 Å². The Morgan fingerprint density at radius 1 is 1.52 bits per heavy atom. The standard InChI is InChI=1S/C11H12F3N5O2/c1-2-21-6-19-5-7(4-15-19)16-10(20)8-3-9(18-17-8)11(12,13)14/h3-5H,2,6H2,1H3,(H,16,20)(H,17,18). The third kappa shape index (κ3) is 3.81. The minimum absolute atomic E-state index is 0.215. The summed E-state index contributed by atoms with van der Waals surface area (Å²) in [5.41, 5.74) is -1.11. The van der Waals surface area contributed by atoms with Crippen molar-refractivity contribution in [3.63, 3.8) is 0 Å². The van der Waals surface area contributed by atoms with Crippen LogP contribution in [0.25, 0.3) is 0 Å². The van der Waals surface area contributed by atoms with Crippen molar-refractivity contribution >= 4 is 11.6 Å². The molecule has 0 aliphatic rings. The van der Waals surface area contributed by atoms with Crippen LogP contribution in [-0.2, 0) is 17.6 Å². The van der Waals surface area contributed by atoms with E-state index < -0.39 is 17.8 Å². The fraction of sp³-hybridized carbons (Fsp3) is 0.364. The quantitative estimate of drug-likeness (QED) is 0.883. The highest BCUT2D eigenvalue weighted by atomic mass is 19.4. The number of aromatic amines is 1. The number of halogens is 3. The molecule has 0 radical (unpaired) electrons. The van der Waals surface area contributed by atoms with Gasteiger partial charge in [-0.15, -0.1) is 0 Å². The number of rotatable bonds is 5. The summed E-state index contributed by atoms with van der Waals surface area (Å²) < 4.78 is 43.7. The first-order chi connectivity index (χ1) is 9.90. The number of hydrogen-bond acceptors (Lipinski definition) is 4. The molecule has 0 saturated carbocycles. The van der Waals surface area contributed by atoms with Gasteiger partial charge in [-0.25, -0.2) is 4.68 Å². The molecule has 0 aliphatic carbocycles. The number of aromatic nitrogens is 4. The number of ether oxygens (including phenoxy) is 1. The van der Waals surface area contributed by atoms with Crippen LogP contribution in [0.15, 0.2) is 18.5 Å². The molecule has 7 nitrogen and oxygen atoms in total. The summed E-state index contributed by atoms with van der Waals surface area (Å²) in [6.45, 7) is 2.55. The lowest BCUT2D eigenvalue weighted by Crippen LogP contribution is -2.12. The van der Waals surface area contributed by atoms with Crippen molar-refractivity contribution < 1.29 is 22.7 Å². The Morgan fingerprint density at radius 3 is 2.90 bits per heavy atom. The molecule has 0 fully saturated rings. The smallest absolute Gasteiger partial charge is 0.360 e. The van der Waals surface area contributed by atoms with E-state index in [4.69, 9.17) is 4.74 Å². The Bertz CT molecular complexity index is 619. The molecule has 2 heterocycles. The van der Waals surface area contributed by atoms with Gasteiger partial charge in [0.05, 0.1) is 18.1 Å². The molecule has 0 atom stereocenters. The Hall–Kier alpha value is -2.36. The van der Waals surface area contributed by atoms with E-state index in [2.05, 4.69) is 15.5 Å². The number of amides is 1. The summed E-state index contributed by atoms with van der Waals surface area (Å²) in [6.07, 6.45) is -1.73. The maximum absolute atomic E-state index is 12.4. The van der Waals surface area contributed by atoms with Crippen LogP contribution in [0.2, 0.25) is 0 Å². The van der Waals surface area contributed by atoms with E-state index in [0.29, 0.717) is 18.4 Å². The number of nitrogens with zero attached hydrogens (tertiary/aromatic N) is 3. The summed E-state index contributed by atoms with van der Waals surface area (Å²) in [7, 11) is 0. The van der Waals surface area contributed by atoms with Crippen LogP contribution in [0.1, 0.15) is 23.1 Å². The number of carbonyl (C=O) groups excluding carboxylic acids is 1. The van der Waals surface area contributed by atoms with Gasteiger partial charge in [0.15, 0.2) is 5.69 Å². The number of anilines is 1. The van der Waals surface area contributed by atoms with Gasteiger partial charge in [0.1, 0.15) is 12.4 Å². The van der Waals surface area contributed by atoms with Crippen molar-refractivity contribution in [2.24, 2.45) is 0 Å². The molecule has 21 heavy (non-hydrogen) atoms. The summed E-state index contributed by atoms with van der Waals surface area (Å²) in [5, 5.41) is 11.4. The third-order valence-electron chi connectivity index (χ3n) is 2.43. The highest BCUT2D eigenvalue weighted by molar-refractivity contribution is 6.02. The van der Waals surface area contributed by atoms with Crippen molar-refractivity contribution in [2.45, 2.75) is 19.8 Å². The van der Waals surface area contributed by atoms with Gasteiger partial charge in [0.2, 0.25) is 0 Å². The summed E-state index contributed by atoms with van der Waals surface area (Å²) in [5.74, 6) is -0.766. The molecule has 2 rings (SSSR count). The first-order valence-corrected chi connectivity index (χ1v) is 5.94. The van der Waals surface area contributed by atoms with E-state index in [9.17, 15) is 18.0 Å². The largest absolute Gasteiger partial charge is 0.432 e. The van der Waals surface area contributed by atoms with Crippen LogP contribution in [-0.4, -0.2) is 32.5 Å². The molecule has 114 valence electrons. The van der Waals surface area contributed by atoms with E-state index in [1.165, 1.54) is 17.1 Å². The van der Waals surface area contributed by atoms with Gasteiger partial charge >= 0.3 is 6.18 Å². The Kier molecular flexibility index (Phi) is 4.26. The fourth-order valence-corrected chi connectivity index (χ4v) is 1.46. The molecule has 0 saturated heterocycles. The lowest BCUT2D eigenvalue weighted by Gasteiger charge is -2.01. The number of alkyl halides is 3. The molecule has 0 unspecified atom stereocenters. The number of carbonyl (C=O) groups is 1. The molecular weight excluding hydrogens is 291 g/mol. The molecule has 0 aromatic carbocycles. The SMILES string of the molecule is CCOCn1cc(NC(=O)c2cc(C(F)(F)F)[nH]n2)cn1. The Labute approximate surface area is 117 Å². The third-order valence-corrected chi connectivity index (χ3v) is 2.43. The van der Waals surface area contributed by atoms with Crippen LogP contribution in [0.5, 0.6) is 0 Å². The van der Waals surface area contributed by atoms with E-state index in [0.717, 1.165) is 0 Å². The van der Waals surface area contributed by atoms with Gasteiger partial charge < -0.3 is 10.1 Å². The van der Waals surface area contributed by atoms with Gasteiger partial charge in [-0.1, -0.05) is 0 Å². The Balaban J connectivity index is 2.01. The maximum Gasteiger partial charge on any atom is 0.432 e. The minimum atomic E-state index is -4.58. The van der Waals surface area contributed by atoms with E-state index in [1.807, 2.05) is 6.92 Å². The van der Waals surface area contributed by atoms with Gasteiger partial charge in [-0.05, 0) is 6.92 Å². The average molecular weight is 303 g/mol. The highest BCUT2D eigenvalue weighted by Gasteiger charge is 2.33. The first kappa shape index (κ1) is 15.0. The molecule has 1 amide bonds. The minimum Gasteiger partial charge on any atom is -0.360 e. The number of nitrogens with one attached hydrogen (secondary N) is 2. The molecule has 2 N–H and O–H groups in total. The molecular formula is C11H12F3N5O2. The second-order valence-corrected chi connectivity index (χ2v) is 4.01. The zero-order valence-electron chi connectivity index (χ0n) is 10.9. The zero-order valence-corrected chi connectivity index (χ0v) is 10.9. The van der Waals surface area contributed by atoms with Crippen LogP contribution in [0, 0.1) is 0 Å². The van der Waals surface area contributed by atoms with Crippen molar-refractivity contribution in [3.05, 3.63) is 29.8 Å². The normalized spacial score (nSPS) is 11.6. The van der Waals surface area contributed by atoms with E-state index >= 15 is 0 Å². The highest BCUT2D eigenvalue weighted by Crippen LogP contribution is 2.27.